The highest BCUT2D eigenvalue weighted by Gasteiger charge is 2.27. The fourth-order valence-corrected chi connectivity index (χ4v) is 4.78. The largest absolute Gasteiger partial charge is 0.383 e. The molecule has 166 valence electrons. The van der Waals surface area contributed by atoms with Gasteiger partial charge in [0.1, 0.15) is 0 Å². The summed E-state index contributed by atoms with van der Waals surface area (Å²) >= 11 is 0. The number of benzene rings is 2. The molecule has 31 heavy (non-hydrogen) atoms. The highest BCUT2D eigenvalue weighted by atomic mass is 32.2. The van der Waals surface area contributed by atoms with E-state index in [0.29, 0.717) is 37.6 Å². The van der Waals surface area contributed by atoms with E-state index in [4.69, 9.17) is 4.74 Å². The number of carbonyl (C=O) groups is 1. The molecule has 0 atom stereocenters. The van der Waals surface area contributed by atoms with Gasteiger partial charge in [0.15, 0.2) is 0 Å². The number of hydrogen-bond donors (Lipinski definition) is 2. The number of hydrogen-bond acceptors (Lipinski definition) is 7. The van der Waals surface area contributed by atoms with Gasteiger partial charge in [0.2, 0.25) is 10.0 Å². The lowest BCUT2D eigenvalue weighted by Gasteiger charge is -2.16. The average Bonchev–Trinajstić information content (AvgIpc) is 3.30. The second-order valence-corrected chi connectivity index (χ2v) is 8.93. The van der Waals surface area contributed by atoms with Crippen molar-refractivity contribution in [3.8, 4) is 0 Å². The Morgan fingerprint density at radius 2 is 1.84 bits per heavy atom. The van der Waals surface area contributed by atoms with E-state index in [-0.39, 0.29) is 16.1 Å². The quantitative estimate of drug-likeness (QED) is 0.342. The molecule has 1 fully saturated rings. The minimum atomic E-state index is -3.55. The number of nitro groups is 1. The molecule has 11 heteroatoms. The van der Waals surface area contributed by atoms with E-state index in [1.165, 1.54) is 46.8 Å². The second kappa shape index (κ2) is 9.86. The fourth-order valence-electron chi connectivity index (χ4n) is 3.26. The van der Waals surface area contributed by atoms with Crippen LogP contribution in [0.3, 0.4) is 0 Å². The first kappa shape index (κ1) is 22.7. The summed E-state index contributed by atoms with van der Waals surface area (Å²) in [6.07, 6.45) is 1.69. The summed E-state index contributed by atoms with van der Waals surface area (Å²) in [6, 6.07) is 9.84. The van der Waals surface area contributed by atoms with E-state index in [0.717, 1.165) is 12.8 Å². The summed E-state index contributed by atoms with van der Waals surface area (Å²) in [5.74, 6) is -0.557. The Hall–Kier alpha value is -3.02. The Balaban J connectivity index is 1.78. The van der Waals surface area contributed by atoms with Crippen molar-refractivity contribution in [2.75, 3.05) is 44.0 Å². The number of amides is 1. The van der Waals surface area contributed by atoms with E-state index in [9.17, 15) is 23.3 Å². The van der Waals surface area contributed by atoms with Crippen molar-refractivity contribution in [3.05, 3.63) is 58.1 Å². The zero-order valence-electron chi connectivity index (χ0n) is 17.0. The normalized spacial score (nSPS) is 14.4. The lowest BCUT2D eigenvalue weighted by molar-refractivity contribution is -0.384. The van der Waals surface area contributed by atoms with Crippen LogP contribution in [0.1, 0.15) is 23.2 Å². The van der Waals surface area contributed by atoms with Gasteiger partial charge >= 0.3 is 0 Å². The minimum absolute atomic E-state index is 0.0964. The minimum Gasteiger partial charge on any atom is -0.383 e. The number of nitro benzene ring substituents is 1. The molecule has 3 rings (SSSR count). The number of non-ortho nitro benzene ring substituents is 1. The van der Waals surface area contributed by atoms with Gasteiger partial charge in [-0.05, 0) is 43.2 Å². The number of rotatable bonds is 9. The van der Waals surface area contributed by atoms with Gasteiger partial charge < -0.3 is 15.4 Å². The molecule has 1 heterocycles. The summed E-state index contributed by atoms with van der Waals surface area (Å²) in [6.45, 7) is 1.82. The molecule has 0 aromatic heterocycles. The van der Waals surface area contributed by atoms with Crippen LogP contribution >= 0.6 is 0 Å². The van der Waals surface area contributed by atoms with Gasteiger partial charge in [-0.1, -0.05) is 0 Å². The molecule has 1 amide bonds. The third-order valence-electron chi connectivity index (χ3n) is 4.90. The van der Waals surface area contributed by atoms with Gasteiger partial charge in [0.05, 0.1) is 22.0 Å². The van der Waals surface area contributed by atoms with Crippen molar-refractivity contribution >= 4 is 33.0 Å². The fraction of sp³-hybridized carbons (Fsp3) is 0.350. The van der Waals surface area contributed by atoms with Crippen LogP contribution in [0.2, 0.25) is 0 Å². The Morgan fingerprint density at radius 1 is 1.16 bits per heavy atom. The molecule has 2 aromatic carbocycles. The van der Waals surface area contributed by atoms with Crippen molar-refractivity contribution < 1.29 is 22.9 Å². The molecule has 0 bridgehead atoms. The summed E-state index contributed by atoms with van der Waals surface area (Å²) < 4.78 is 31.7. The number of nitrogens with one attached hydrogen (secondary N) is 2. The molecule has 10 nitrogen and oxygen atoms in total. The van der Waals surface area contributed by atoms with Gasteiger partial charge in [-0.25, -0.2) is 8.42 Å². The van der Waals surface area contributed by atoms with Gasteiger partial charge in [-0.3, -0.25) is 14.9 Å². The summed E-state index contributed by atoms with van der Waals surface area (Å²) in [5.41, 5.74) is 0.682. The monoisotopic (exact) mass is 448 g/mol. The molecule has 1 aliphatic heterocycles. The predicted molar refractivity (Wildman–Crippen MR) is 116 cm³/mol. The van der Waals surface area contributed by atoms with E-state index in [1.54, 1.807) is 7.11 Å². The molecular formula is C20H24N4O6S. The number of anilines is 2. The van der Waals surface area contributed by atoms with Gasteiger partial charge in [-0.2, -0.15) is 4.31 Å². The Labute approximate surface area is 180 Å². The van der Waals surface area contributed by atoms with Crippen LogP contribution < -0.4 is 10.6 Å². The Kier molecular flexibility index (Phi) is 7.21. The van der Waals surface area contributed by atoms with Gasteiger partial charge in [0.25, 0.3) is 11.6 Å². The summed E-state index contributed by atoms with van der Waals surface area (Å²) in [5, 5.41) is 16.8. The topological polar surface area (TPSA) is 131 Å². The van der Waals surface area contributed by atoms with Crippen LogP contribution in [0.5, 0.6) is 0 Å². The Morgan fingerprint density at radius 3 is 2.45 bits per heavy atom. The first-order valence-corrected chi connectivity index (χ1v) is 11.2. The molecule has 2 N–H and O–H groups in total. The van der Waals surface area contributed by atoms with Crippen LogP contribution in [-0.2, 0) is 14.8 Å². The molecule has 0 unspecified atom stereocenters. The first-order valence-electron chi connectivity index (χ1n) is 9.76. The number of ether oxygens (including phenoxy) is 1. The molecule has 0 saturated carbocycles. The zero-order valence-corrected chi connectivity index (χ0v) is 17.9. The third-order valence-corrected chi connectivity index (χ3v) is 6.81. The average molecular weight is 449 g/mol. The van der Waals surface area contributed by atoms with Crippen LogP contribution in [0, 0.1) is 10.1 Å². The number of sulfonamides is 1. The van der Waals surface area contributed by atoms with Gasteiger partial charge in [0, 0.05) is 50.3 Å². The highest BCUT2D eigenvalue weighted by Crippen LogP contribution is 2.25. The van der Waals surface area contributed by atoms with Crippen LogP contribution in [0.4, 0.5) is 17.1 Å². The second-order valence-electron chi connectivity index (χ2n) is 7.00. The highest BCUT2D eigenvalue weighted by molar-refractivity contribution is 7.89. The van der Waals surface area contributed by atoms with Crippen LogP contribution in [0.25, 0.3) is 0 Å². The third kappa shape index (κ3) is 5.37. The van der Waals surface area contributed by atoms with Crippen LogP contribution in [0.15, 0.2) is 47.4 Å². The van der Waals surface area contributed by atoms with E-state index in [1.807, 2.05) is 0 Å². The number of nitrogens with zero attached hydrogens (tertiary/aromatic N) is 2. The van der Waals surface area contributed by atoms with E-state index < -0.39 is 20.9 Å². The molecule has 1 aliphatic rings. The molecule has 1 saturated heterocycles. The van der Waals surface area contributed by atoms with E-state index >= 15 is 0 Å². The standard InChI is InChI=1S/C20H24N4O6S/c1-30-13-10-21-19-9-6-16(24(26)27)14-18(19)20(25)22-15-4-7-17(8-5-15)31(28,29)23-11-2-3-12-23/h4-9,14,21H,2-3,10-13H2,1H3,(H,22,25). The lowest BCUT2D eigenvalue weighted by Crippen LogP contribution is -2.27. The smallest absolute Gasteiger partial charge is 0.270 e. The number of carbonyl (C=O) groups excluding carboxylic acids is 1. The van der Waals surface area contributed by atoms with Crippen molar-refractivity contribution in [2.24, 2.45) is 0 Å². The maximum Gasteiger partial charge on any atom is 0.270 e. The Bertz CT molecular complexity index is 1050. The maximum absolute atomic E-state index is 12.8. The molecular weight excluding hydrogens is 424 g/mol. The SMILES string of the molecule is COCCNc1ccc([N+](=O)[O-])cc1C(=O)Nc1ccc(S(=O)(=O)N2CCCC2)cc1. The number of methoxy groups -OCH3 is 1. The summed E-state index contributed by atoms with van der Waals surface area (Å²) in [7, 11) is -2.01. The molecule has 0 radical (unpaired) electrons. The predicted octanol–water partition coefficient (Wildman–Crippen LogP) is 2.69. The van der Waals surface area contributed by atoms with Crippen molar-refractivity contribution in [2.45, 2.75) is 17.7 Å². The zero-order chi connectivity index (χ0) is 22.4. The van der Waals surface area contributed by atoms with Crippen molar-refractivity contribution in [3.63, 3.8) is 0 Å². The molecule has 0 spiro atoms. The van der Waals surface area contributed by atoms with E-state index in [2.05, 4.69) is 10.6 Å². The maximum atomic E-state index is 12.8. The molecule has 2 aromatic rings. The van der Waals surface area contributed by atoms with Crippen LogP contribution in [-0.4, -0.2) is 56.9 Å². The first-order chi connectivity index (χ1) is 14.8. The summed E-state index contributed by atoms with van der Waals surface area (Å²) in [4.78, 5) is 23.5. The lowest BCUT2D eigenvalue weighted by atomic mass is 10.1. The molecule has 0 aliphatic carbocycles. The van der Waals surface area contributed by atoms with Crippen molar-refractivity contribution in [1.29, 1.82) is 0 Å². The van der Waals surface area contributed by atoms with Gasteiger partial charge in [-0.15, -0.1) is 0 Å². The van der Waals surface area contributed by atoms with Crippen molar-refractivity contribution in [1.82, 2.24) is 4.31 Å².